The lowest BCUT2D eigenvalue weighted by Crippen LogP contribution is -2.37. The summed E-state index contributed by atoms with van der Waals surface area (Å²) in [6.45, 7) is 7.16. The zero-order valence-electron chi connectivity index (χ0n) is 19.5. The van der Waals surface area contributed by atoms with Gasteiger partial charge in [0.2, 0.25) is 0 Å². The molecule has 0 bridgehead atoms. The van der Waals surface area contributed by atoms with Gasteiger partial charge >= 0.3 is 0 Å². The molecule has 176 valence electrons. The molecule has 1 saturated heterocycles. The summed E-state index contributed by atoms with van der Waals surface area (Å²) >= 11 is 0. The SMILES string of the molecule is COc1cc2c(Oc3cnc4c(c3)C#CC(C)N4)ccnc2cc1OCCCN1CCOCC1. The third kappa shape index (κ3) is 5.01. The molecule has 0 saturated carbocycles. The van der Waals surface area contributed by atoms with E-state index in [4.69, 9.17) is 18.9 Å². The standard InChI is InChI=1S/C26H28N4O4/c1-18-4-5-19-14-20(17-28-26(19)29-18)34-23-6-7-27-22-16-25(24(31-2)15-21(22)23)33-11-3-8-30-9-12-32-13-10-30/h6-7,14-18H,3,8-13H2,1-2H3,(H,28,29). The molecule has 0 amide bonds. The first kappa shape index (κ1) is 22.3. The quantitative estimate of drug-likeness (QED) is 0.403. The second-order valence-electron chi connectivity index (χ2n) is 8.29. The maximum atomic E-state index is 6.18. The van der Waals surface area contributed by atoms with Crippen LogP contribution in [-0.4, -0.2) is 67.5 Å². The minimum atomic E-state index is 0.0826. The molecule has 1 fully saturated rings. The zero-order valence-corrected chi connectivity index (χ0v) is 19.5. The highest BCUT2D eigenvalue weighted by Gasteiger charge is 2.15. The first-order chi connectivity index (χ1) is 16.7. The largest absolute Gasteiger partial charge is 0.493 e. The molecule has 8 nitrogen and oxygen atoms in total. The van der Waals surface area contributed by atoms with Crippen LogP contribution >= 0.6 is 0 Å². The van der Waals surface area contributed by atoms with Gasteiger partial charge in [-0.05, 0) is 25.5 Å². The third-order valence-corrected chi connectivity index (χ3v) is 5.83. The van der Waals surface area contributed by atoms with Gasteiger partial charge in [0.25, 0.3) is 0 Å². The topological polar surface area (TPSA) is 78.0 Å². The van der Waals surface area contributed by atoms with E-state index >= 15 is 0 Å². The van der Waals surface area contributed by atoms with Crippen molar-refractivity contribution in [1.82, 2.24) is 14.9 Å². The summed E-state index contributed by atoms with van der Waals surface area (Å²) in [4.78, 5) is 11.4. The van der Waals surface area contributed by atoms with Gasteiger partial charge in [0.1, 0.15) is 17.3 Å². The lowest BCUT2D eigenvalue weighted by atomic mass is 10.1. The first-order valence-electron chi connectivity index (χ1n) is 11.6. The Kier molecular flexibility index (Phi) is 6.65. The number of rotatable bonds is 8. The van der Waals surface area contributed by atoms with Gasteiger partial charge in [-0.2, -0.15) is 0 Å². The molecule has 2 aromatic heterocycles. The smallest absolute Gasteiger partial charge is 0.163 e. The number of aromatic nitrogens is 2. The van der Waals surface area contributed by atoms with Gasteiger partial charge in [-0.15, -0.1) is 0 Å². The maximum Gasteiger partial charge on any atom is 0.163 e. The van der Waals surface area contributed by atoms with Crippen LogP contribution in [0.3, 0.4) is 0 Å². The summed E-state index contributed by atoms with van der Waals surface area (Å²) in [5, 5.41) is 4.08. The maximum absolute atomic E-state index is 6.18. The summed E-state index contributed by atoms with van der Waals surface area (Å²) in [5.41, 5.74) is 1.59. The van der Waals surface area contributed by atoms with Crippen molar-refractivity contribution in [3.8, 4) is 34.8 Å². The summed E-state index contributed by atoms with van der Waals surface area (Å²) in [5.74, 6) is 9.61. The molecule has 1 atom stereocenters. The van der Waals surface area contributed by atoms with E-state index < -0.39 is 0 Å². The fourth-order valence-corrected chi connectivity index (χ4v) is 4.05. The second kappa shape index (κ2) is 10.2. The lowest BCUT2D eigenvalue weighted by Gasteiger charge is -2.26. The van der Waals surface area contributed by atoms with Crippen LogP contribution < -0.4 is 19.5 Å². The summed E-state index contributed by atoms with van der Waals surface area (Å²) < 4.78 is 23.3. The number of nitrogens with one attached hydrogen (secondary N) is 1. The van der Waals surface area contributed by atoms with E-state index in [0.717, 1.165) is 61.6 Å². The zero-order chi connectivity index (χ0) is 23.3. The number of fused-ring (bicyclic) bond motifs is 2. The Balaban J connectivity index is 1.31. The van der Waals surface area contributed by atoms with Gasteiger partial charge in [0.15, 0.2) is 11.5 Å². The average molecular weight is 461 g/mol. The number of anilines is 1. The van der Waals surface area contributed by atoms with Gasteiger partial charge in [0.05, 0.1) is 50.2 Å². The Hall–Kier alpha value is -3.54. The van der Waals surface area contributed by atoms with E-state index in [1.807, 2.05) is 31.2 Å². The van der Waals surface area contributed by atoms with E-state index in [1.54, 1.807) is 19.5 Å². The Morgan fingerprint density at radius 3 is 2.88 bits per heavy atom. The highest BCUT2D eigenvalue weighted by Crippen LogP contribution is 2.37. The number of morpholine rings is 1. The molecular formula is C26H28N4O4. The van der Waals surface area contributed by atoms with E-state index in [0.29, 0.717) is 29.6 Å². The van der Waals surface area contributed by atoms with Crippen molar-refractivity contribution in [2.24, 2.45) is 0 Å². The van der Waals surface area contributed by atoms with Crippen molar-refractivity contribution in [2.45, 2.75) is 19.4 Å². The van der Waals surface area contributed by atoms with Crippen LogP contribution in [0.1, 0.15) is 18.9 Å². The minimum Gasteiger partial charge on any atom is -0.493 e. The Bertz CT molecular complexity index is 1230. The van der Waals surface area contributed by atoms with E-state index in [2.05, 4.69) is 32.0 Å². The Labute approximate surface area is 199 Å². The van der Waals surface area contributed by atoms with Crippen molar-refractivity contribution in [1.29, 1.82) is 0 Å². The monoisotopic (exact) mass is 460 g/mol. The highest BCUT2D eigenvalue weighted by atomic mass is 16.5. The van der Waals surface area contributed by atoms with Gasteiger partial charge in [-0.3, -0.25) is 9.88 Å². The molecule has 1 aromatic carbocycles. The number of pyridine rings is 2. The van der Waals surface area contributed by atoms with E-state index in [9.17, 15) is 0 Å². The summed E-state index contributed by atoms with van der Waals surface area (Å²) in [7, 11) is 1.64. The molecule has 5 rings (SSSR count). The normalized spacial score (nSPS) is 17.3. The predicted molar refractivity (Wildman–Crippen MR) is 130 cm³/mol. The number of hydrogen-bond acceptors (Lipinski definition) is 8. The molecule has 2 aliphatic heterocycles. The third-order valence-electron chi connectivity index (χ3n) is 5.83. The van der Waals surface area contributed by atoms with Gasteiger partial charge in [-0.1, -0.05) is 11.8 Å². The molecule has 34 heavy (non-hydrogen) atoms. The second-order valence-corrected chi connectivity index (χ2v) is 8.29. The number of nitrogens with zero attached hydrogens (tertiary/aromatic N) is 3. The lowest BCUT2D eigenvalue weighted by molar-refractivity contribution is 0.0357. The summed E-state index contributed by atoms with van der Waals surface area (Å²) in [6.07, 6.45) is 4.35. The van der Waals surface area contributed by atoms with Crippen molar-refractivity contribution in [2.75, 3.05) is 51.9 Å². The van der Waals surface area contributed by atoms with Crippen LogP contribution in [-0.2, 0) is 4.74 Å². The molecule has 0 aliphatic carbocycles. The summed E-state index contributed by atoms with van der Waals surface area (Å²) in [6, 6.07) is 7.61. The van der Waals surface area contributed by atoms with Crippen LogP contribution in [0, 0.1) is 11.8 Å². The number of benzene rings is 1. The molecule has 4 heterocycles. The fourth-order valence-electron chi connectivity index (χ4n) is 4.05. The molecule has 1 N–H and O–H groups in total. The van der Waals surface area contributed by atoms with E-state index in [1.165, 1.54) is 0 Å². The molecule has 3 aromatic rings. The molecular weight excluding hydrogens is 432 g/mol. The van der Waals surface area contributed by atoms with Crippen LogP contribution in [0.4, 0.5) is 5.82 Å². The molecule has 0 radical (unpaired) electrons. The van der Waals surface area contributed by atoms with Crippen LogP contribution in [0.2, 0.25) is 0 Å². The number of methoxy groups -OCH3 is 1. The van der Waals surface area contributed by atoms with Crippen molar-refractivity contribution in [3.05, 3.63) is 42.2 Å². The molecule has 1 unspecified atom stereocenters. The highest BCUT2D eigenvalue weighted by molar-refractivity contribution is 5.88. The van der Waals surface area contributed by atoms with Crippen LogP contribution in [0.15, 0.2) is 36.7 Å². The van der Waals surface area contributed by atoms with Gasteiger partial charge < -0.3 is 24.3 Å². The minimum absolute atomic E-state index is 0.0826. The average Bonchev–Trinajstić information content (AvgIpc) is 2.87. The van der Waals surface area contributed by atoms with Crippen LogP contribution in [0.25, 0.3) is 10.9 Å². The van der Waals surface area contributed by atoms with Crippen LogP contribution in [0.5, 0.6) is 23.0 Å². The van der Waals surface area contributed by atoms with Gasteiger partial charge in [0, 0.05) is 43.4 Å². The molecule has 2 aliphatic rings. The van der Waals surface area contributed by atoms with Crippen molar-refractivity contribution >= 4 is 16.7 Å². The number of hydrogen-bond donors (Lipinski definition) is 1. The first-order valence-corrected chi connectivity index (χ1v) is 11.6. The van der Waals surface area contributed by atoms with Crippen molar-refractivity contribution in [3.63, 3.8) is 0 Å². The number of ether oxygens (including phenoxy) is 4. The Morgan fingerprint density at radius 2 is 2.03 bits per heavy atom. The van der Waals surface area contributed by atoms with Crippen molar-refractivity contribution < 1.29 is 18.9 Å². The Morgan fingerprint density at radius 1 is 1.15 bits per heavy atom. The van der Waals surface area contributed by atoms with Gasteiger partial charge in [-0.25, -0.2) is 4.98 Å². The molecule has 8 heteroatoms. The van der Waals surface area contributed by atoms with E-state index in [-0.39, 0.29) is 6.04 Å². The molecule has 0 spiro atoms. The predicted octanol–water partition coefficient (Wildman–Crippen LogP) is 3.70. The fraction of sp³-hybridized carbons (Fsp3) is 0.385.